The minimum Gasteiger partial charge on any atom is -0.489 e. The van der Waals surface area contributed by atoms with Crippen LogP contribution in [0.1, 0.15) is 0 Å². The smallest absolute Gasteiger partial charge is 0.269 e. The summed E-state index contributed by atoms with van der Waals surface area (Å²) in [6.07, 6.45) is 1.41. The van der Waals surface area contributed by atoms with E-state index in [4.69, 9.17) is 10.5 Å². The van der Waals surface area contributed by atoms with Gasteiger partial charge in [-0.25, -0.2) is 8.42 Å². The van der Waals surface area contributed by atoms with E-state index in [1.54, 1.807) is 31.3 Å². The van der Waals surface area contributed by atoms with Crippen LogP contribution in [0.5, 0.6) is 5.75 Å². The Morgan fingerprint density at radius 2 is 2.10 bits per heavy atom. The van der Waals surface area contributed by atoms with Crippen LogP contribution < -0.4 is 14.8 Å². The van der Waals surface area contributed by atoms with Crippen LogP contribution in [0.25, 0.3) is 0 Å². The highest BCUT2D eigenvalue weighted by molar-refractivity contribution is 7.93. The number of hydrogen-bond donors (Lipinski definition) is 1. The Labute approximate surface area is 116 Å². The van der Waals surface area contributed by atoms with Crippen LogP contribution in [0.3, 0.4) is 0 Å². The zero-order valence-corrected chi connectivity index (χ0v) is 11.7. The van der Waals surface area contributed by atoms with Crippen molar-refractivity contribution in [3.05, 3.63) is 30.5 Å². The molecule has 0 spiro atoms. The summed E-state index contributed by atoms with van der Waals surface area (Å²) in [5, 5.41) is 3.89. The summed E-state index contributed by atoms with van der Waals surface area (Å²) in [6.45, 7) is 0.546. The number of benzene rings is 1. The SMILES string of the molecule is Cn1cc(S(=O)(=O)N2CCOc3ccccc32)c(N)n1. The summed E-state index contributed by atoms with van der Waals surface area (Å²) in [4.78, 5) is 0.0108. The van der Waals surface area contributed by atoms with E-state index in [-0.39, 0.29) is 17.3 Å². The molecule has 3 rings (SSSR count). The van der Waals surface area contributed by atoms with Crippen molar-refractivity contribution >= 4 is 21.5 Å². The van der Waals surface area contributed by atoms with E-state index < -0.39 is 10.0 Å². The van der Waals surface area contributed by atoms with Gasteiger partial charge in [0.05, 0.1) is 12.2 Å². The van der Waals surface area contributed by atoms with Crippen LogP contribution >= 0.6 is 0 Å². The lowest BCUT2D eigenvalue weighted by Crippen LogP contribution is -2.38. The molecule has 0 amide bonds. The molecule has 0 aliphatic carbocycles. The minimum atomic E-state index is -3.74. The maximum absolute atomic E-state index is 12.7. The number of fused-ring (bicyclic) bond motifs is 1. The molecule has 0 saturated heterocycles. The standard InChI is InChI=1S/C12H14N4O3S/c1-15-8-11(12(13)14-15)20(17,18)16-6-7-19-10-5-3-2-4-9(10)16/h2-5,8H,6-7H2,1H3,(H2,13,14). The van der Waals surface area contributed by atoms with Gasteiger partial charge in [-0.05, 0) is 12.1 Å². The van der Waals surface area contributed by atoms with Crippen molar-refractivity contribution in [2.24, 2.45) is 7.05 Å². The zero-order chi connectivity index (χ0) is 14.3. The molecule has 1 aliphatic heterocycles. The number of hydrogen-bond acceptors (Lipinski definition) is 5. The molecule has 1 aromatic heterocycles. The van der Waals surface area contributed by atoms with E-state index >= 15 is 0 Å². The van der Waals surface area contributed by atoms with Crippen molar-refractivity contribution in [3.8, 4) is 5.75 Å². The average Bonchev–Trinajstić information content (AvgIpc) is 2.78. The Hall–Kier alpha value is -2.22. The second kappa shape index (κ2) is 4.41. The molecule has 1 aromatic carbocycles. The van der Waals surface area contributed by atoms with E-state index in [0.717, 1.165) is 0 Å². The number of nitrogen functional groups attached to an aromatic ring is 1. The molecule has 8 heteroatoms. The molecule has 20 heavy (non-hydrogen) atoms. The molecule has 0 unspecified atom stereocenters. The van der Waals surface area contributed by atoms with Gasteiger partial charge in [-0.15, -0.1) is 0 Å². The number of aromatic nitrogens is 2. The third-order valence-electron chi connectivity index (χ3n) is 3.08. The Kier molecular flexibility index (Phi) is 2.82. The lowest BCUT2D eigenvalue weighted by Gasteiger charge is -2.29. The van der Waals surface area contributed by atoms with E-state index in [1.807, 2.05) is 0 Å². The summed E-state index contributed by atoms with van der Waals surface area (Å²) >= 11 is 0. The first kappa shape index (κ1) is 12.8. The number of rotatable bonds is 2. The highest BCUT2D eigenvalue weighted by Gasteiger charge is 2.32. The summed E-state index contributed by atoms with van der Waals surface area (Å²) < 4.78 is 33.6. The number of aryl methyl sites for hydroxylation is 1. The highest BCUT2D eigenvalue weighted by atomic mass is 32.2. The van der Waals surface area contributed by atoms with E-state index in [0.29, 0.717) is 18.0 Å². The Balaban J connectivity index is 2.12. The summed E-state index contributed by atoms with van der Waals surface area (Å²) in [5.41, 5.74) is 6.20. The van der Waals surface area contributed by atoms with Gasteiger partial charge in [0, 0.05) is 13.2 Å². The molecular formula is C12H14N4O3S. The van der Waals surface area contributed by atoms with Gasteiger partial charge in [0.2, 0.25) is 0 Å². The van der Waals surface area contributed by atoms with Crippen LogP contribution in [0.2, 0.25) is 0 Å². The molecule has 2 aromatic rings. The van der Waals surface area contributed by atoms with Gasteiger partial charge in [-0.3, -0.25) is 8.99 Å². The van der Waals surface area contributed by atoms with Crippen molar-refractivity contribution in [3.63, 3.8) is 0 Å². The van der Waals surface area contributed by atoms with Crippen molar-refractivity contribution in [1.82, 2.24) is 9.78 Å². The lowest BCUT2D eigenvalue weighted by atomic mass is 10.2. The number of nitrogens with two attached hydrogens (primary N) is 1. The third kappa shape index (κ3) is 1.88. The van der Waals surface area contributed by atoms with Crippen LogP contribution in [0.4, 0.5) is 11.5 Å². The summed E-state index contributed by atoms with van der Waals surface area (Å²) in [5.74, 6) is 0.543. The van der Waals surface area contributed by atoms with Gasteiger partial charge >= 0.3 is 0 Å². The predicted octanol–water partition coefficient (Wildman–Crippen LogP) is 0.590. The first-order valence-electron chi connectivity index (χ1n) is 6.04. The fourth-order valence-corrected chi connectivity index (χ4v) is 3.75. The Morgan fingerprint density at radius 3 is 2.80 bits per heavy atom. The molecule has 0 bridgehead atoms. The molecule has 2 heterocycles. The van der Waals surface area contributed by atoms with E-state index in [1.165, 1.54) is 15.2 Å². The Morgan fingerprint density at radius 1 is 1.35 bits per heavy atom. The van der Waals surface area contributed by atoms with Gasteiger partial charge in [0.15, 0.2) is 5.82 Å². The highest BCUT2D eigenvalue weighted by Crippen LogP contribution is 2.35. The number of para-hydroxylation sites is 2. The van der Waals surface area contributed by atoms with Crippen LogP contribution in [0, 0.1) is 0 Å². The molecule has 0 fully saturated rings. The zero-order valence-electron chi connectivity index (χ0n) is 10.9. The van der Waals surface area contributed by atoms with Gasteiger partial charge in [0.1, 0.15) is 17.3 Å². The maximum atomic E-state index is 12.7. The van der Waals surface area contributed by atoms with E-state index in [9.17, 15) is 8.42 Å². The third-order valence-corrected chi connectivity index (χ3v) is 4.91. The van der Waals surface area contributed by atoms with Crippen LogP contribution in [-0.2, 0) is 17.1 Å². The monoisotopic (exact) mass is 294 g/mol. The van der Waals surface area contributed by atoms with Crippen LogP contribution in [0.15, 0.2) is 35.4 Å². The summed E-state index contributed by atoms with van der Waals surface area (Å²) in [7, 11) is -2.11. The average molecular weight is 294 g/mol. The molecule has 106 valence electrons. The summed E-state index contributed by atoms with van der Waals surface area (Å²) in [6, 6.07) is 7.01. The second-order valence-electron chi connectivity index (χ2n) is 4.45. The molecule has 1 aliphatic rings. The molecule has 2 N–H and O–H groups in total. The number of nitrogens with zero attached hydrogens (tertiary/aromatic N) is 3. The topological polar surface area (TPSA) is 90.5 Å². The first-order valence-corrected chi connectivity index (χ1v) is 7.48. The predicted molar refractivity (Wildman–Crippen MR) is 74.1 cm³/mol. The van der Waals surface area contributed by atoms with Crippen molar-refractivity contribution < 1.29 is 13.2 Å². The molecule has 7 nitrogen and oxygen atoms in total. The van der Waals surface area contributed by atoms with Crippen molar-refractivity contribution in [1.29, 1.82) is 0 Å². The molecule has 0 radical (unpaired) electrons. The Bertz CT molecular complexity index is 754. The quantitative estimate of drug-likeness (QED) is 0.875. The number of anilines is 2. The van der Waals surface area contributed by atoms with Crippen molar-refractivity contribution in [2.45, 2.75) is 4.90 Å². The number of ether oxygens (including phenoxy) is 1. The van der Waals surface area contributed by atoms with E-state index in [2.05, 4.69) is 5.10 Å². The lowest BCUT2D eigenvalue weighted by molar-refractivity contribution is 0.316. The normalized spacial score (nSPS) is 14.8. The minimum absolute atomic E-state index is 0.00327. The number of sulfonamides is 1. The first-order chi connectivity index (χ1) is 9.50. The van der Waals surface area contributed by atoms with Gasteiger partial charge in [-0.1, -0.05) is 12.1 Å². The fraction of sp³-hybridized carbons (Fsp3) is 0.250. The van der Waals surface area contributed by atoms with Crippen molar-refractivity contribution in [2.75, 3.05) is 23.2 Å². The maximum Gasteiger partial charge on any atom is 0.269 e. The van der Waals surface area contributed by atoms with Gasteiger partial charge in [0.25, 0.3) is 10.0 Å². The van der Waals surface area contributed by atoms with Crippen LogP contribution in [-0.4, -0.2) is 31.3 Å². The fourth-order valence-electron chi connectivity index (χ4n) is 2.20. The van der Waals surface area contributed by atoms with Gasteiger partial charge in [-0.2, -0.15) is 5.10 Å². The molecule has 0 saturated carbocycles. The van der Waals surface area contributed by atoms with Gasteiger partial charge < -0.3 is 10.5 Å². The second-order valence-corrected chi connectivity index (χ2v) is 6.28. The largest absolute Gasteiger partial charge is 0.489 e. The molecule has 0 atom stereocenters. The molecular weight excluding hydrogens is 280 g/mol.